The highest BCUT2D eigenvalue weighted by atomic mass is 16.5. The lowest BCUT2D eigenvalue weighted by Crippen LogP contribution is -2.43. The molecular weight excluding hydrogens is 640 g/mol. The van der Waals surface area contributed by atoms with E-state index in [-0.39, 0.29) is 23.8 Å². The van der Waals surface area contributed by atoms with Gasteiger partial charge in [0.2, 0.25) is 11.8 Å². The van der Waals surface area contributed by atoms with E-state index in [4.69, 9.17) is 14.2 Å². The molecule has 0 bridgehead atoms. The molecule has 8 heteroatoms. The summed E-state index contributed by atoms with van der Waals surface area (Å²) in [6.07, 6.45) is 6.14. The third kappa shape index (κ3) is 10.9. The molecule has 0 radical (unpaired) electrons. The van der Waals surface area contributed by atoms with Crippen LogP contribution in [0.5, 0.6) is 11.5 Å². The van der Waals surface area contributed by atoms with Gasteiger partial charge in [-0.1, -0.05) is 85.8 Å². The van der Waals surface area contributed by atoms with Crippen LogP contribution < -0.4 is 14.8 Å². The third-order valence-electron chi connectivity index (χ3n) is 9.35. The highest BCUT2D eigenvalue weighted by Crippen LogP contribution is 2.40. The standard InChI is InChI=1S/C43H50N2O6/c1-3-28-45(41(47)17-11-10-16-40(46)44-27-26-32-18-20-35(21-19-32)43(48)49-2)37-23-24-38-36(29-37)22-25-39(50-30-33-12-6-4-7-13-33)42(38)51-31-34-14-8-5-9-15-34/h4-9,12-15,18-22,25,37H,3,10-11,16-17,23-24,26-31H2,1-2H3,(H,44,46). The van der Waals surface area contributed by atoms with Crippen molar-refractivity contribution in [3.05, 3.63) is 130 Å². The van der Waals surface area contributed by atoms with Crippen molar-refractivity contribution >= 4 is 17.8 Å². The van der Waals surface area contributed by atoms with Gasteiger partial charge in [-0.05, 0) is 85.4 Å². The van der Waals surface area contributed by atoms with Crippen LogP contribution in [0.1, 0.15) is 83.6 Å². The van der Waals surface area contributed by atoms with Gasteiger partial charge in [0.25, 0.3) is 0 Å². The number of rotatable bonds is 18. The lowest BCUT2D eigenvalue weighted by molar-refractivity contribution is -0.134. The summed E-state index contributed by atoms with van der Waals surface area (Å²) in [5.74, 6) is 1.32. The maximum atomic E-state index is 13.6. The number of benzene rings is 4. The Morgan fingerprint density at radius 3 is 2.12 bits per heavy atom. The minimum atomic E-state index is -0.367. The summed E-state index contributed by atoms with van der Waals surface area (Å²) >= 11 is 0. The van der Waals surface area contributed by atoms with E-state index in [0.717, 1.165) is 60.4 Å². The van der Waals surface area contributed by atoms with Crippen LogP contribution in [0.2, 0.25) is 0 Å². The quantitative estimate of drug-likeness (QED) is 0.0852. The lowest BCUT2D eigenvalue weighted by Gasteiger charge is -2.36. The monoisotopic (exact) mass is 690 g/mol. The number of hydrogen-bond acceptors (Lipinski definition) is 6. The van der Waals surface area contributed by atoms with E-state index in [1.54, 1.807) is 12.1 Å². The Morgan fingerprint density at radius 1 is 0.784 bits per heavy atom. The van der Waals surface area contributed by atoms with Crippen molar-refractivity contribution in [2.45, 2.75) is 84.0 Å². The zero-order chi connectivity index (χ0) is 35.8. The van der Waals surface area contributed by atoms with Gasteiger partial charge in [0, 0.05) is 37.5 Å². The Labute approximate surface area is 302 Å². The van der Waals surface area contributed by atoms with Crippen molar-refractivity contribution in [3.63, 3.8) is 0 Å². The van der Waals surface area contributed by atoms with Crippen LogP contribution in [0.4, 0.5) is 0 Å². The minimum Gasteiger partial charge on any atom is -0.485 e. The molecule has 4 aromatic carbocycles. The van der Waals surface area contributed by atoms with Crippen molar-refractivity contribution < 1.29 is 28.6 Å². The van der Waals surface area contributed by atoms with Crippen LogP contribution in [-0.4, -0.2) is 48.9 Å². The number of hydrogen-bond donors (Lipinski definition) is 1. The Kier molecular flexibility index (Phi) is 14.1. The first-order valence-electron chi connectivity index (χ1n) is 18.2. The number of ether oxygens (including phenoxy) is 3. The predicted molar refractivity (Wildman–Crippen MR) is 199 cm³/mol. The molecule has 5 rings (SSSR count). The van der Waals surface area contributed by atoms with Crippen LogP contribution in [0.15, 0.2) is 97.1 Å². The third-order valence-corrected chi connectivity index (χ3v) is 9.35. The SMILES string of the molecule is CCCN(C(=O)CCCCC(=O)NCCc1ccc(C(=O)OC)cc1)C1CCc2c(ccc(OCc3ccccc3)c2OCc2ccccc2)C1. The lowest BCUT2D eigenvalue weighted by atomic mass is 9.86. The Balaban J connectivity index is 1.13. The van der Waals surface area contributed by atoms with Crippen molar-refractivity contribution in [2.24, 2.45) is 0 Å². The Bertz CT molecular complexity index is 1710. The molecule has 0 fully saturated rings. The van der Waals surface area contributed by atoms with E-state index in [1.807, 2.05) is 54.6 Å². The number of unbranched alkanes of at least 4 members (excludes halogenated alkanes) is 1. The average Bonchev–Trinajstić information content (AvgIpc) is 3.17. The fraction of sp³-hybridized carbons (Fsp3) is 0.372. The molecule has 0 saturated carbocycles. The molecule has 1 unspecified atom stereocenters. The van der Waals surface area contributed by atoms with Gasteiger partial charge in [0.05, 0.1) is 12.7 Å². The molecule has 0 saturated heterocycles. The number of amides is 2. The summed E-state index contributed by atoms with van der Waals surface area (Å²) in [6, 6.07) is 31.8. The van der Waals surface area contributed by atoms with Crippen molar-refractivity contribution in [1.29, 1.82) is 0 Å². The van der Waals surface area contributed by atoms with Crippen LogP contribution in [0, 0.1) is 0 Å². The second-order valence-electron chi connectivity index (χ2n) is 13.1. The van der Waals surface area contributed by atoms with E-state index in [2.05, 4.69) is 47.5 Å². The van der Waals surface area contributed by atoms with E-state index in [0.29, 0.717) is 57.4 Å². The number of methoxy groups -OCH3 is 1. The van der Waals surface area contributed by atoms with Crippen molar-refractivity contribution in [2.75, 3.05) is 20.2 Å². The predicted octanol–water partition coefficient (Wildman–Crippen LogP) is 7.65. The van der Waals surface area contributed by atoms with Gasteiger partial charge in [0.1, 0.15) is 13.2 Å². The van der Waals surface area contributed by atoms with Gasteiger partial charge in [0.15, 0.2) is 11.5 Å². The Hall–Kier alpha value is -5.11. The van der Waals surface area contributed by atoms with Gasteiger partial charge in [-0.25, -0.2) is 4.79 Å². The maximum absolute atomic E-state index is 13.6. The summed E-state index contributed by atoms with van der Waals surface area (Å²) in [5, 5.41) is 2.97. The first-order chi connectivity index (χ1) is 24.9. The topological polar surface area (TPSA) is 94.2 Å². The van der Waals surface area contributed by atoms with E-state index >= 15 is 0 Å². The van der Waals surface area contributed by atoms with Crippen molar-refractivity contribution in [3.8, 4) is 11.5 Å². The molecule has 8 nitrogen and oxygen atoms in total. The summed E-state index contributed by atoms with van der Waals surface area (Å²) in [6.45, 7) is 4.25. The fourth-order valence-electron chi connectivity index (χ4n) is 6.60. The molecule has 1 N–H and O–H groups in total. The number of carbonyl (C=O) groups excluding carboxylic acids is 3. The number of carbonyl (C=O) groups is 3. The minimum absolute atomic E-state index is 0.0136. The van der Waals surface area contributed by atoms with Crippen LogP contribution >= 0.6 is 0 Å². The van der Waals surface area contributed by atoms with Crippen LogP contribution in [-0.2, 0) is 46.8 Å². The molecule has 0 aromatic heterocycles. The molecule has 51 heavy (non-hydrogen) atoms. The maximum Gasteiger partial charge on any atom is 0.337 e. The largest absolute Gasteiger partial charge is 0.485 e. The van der Waals surface area contributed by atoms with Gasteiger partial charge in [-0.15, -0.1) is 0 Å². The van der Waals surface area contributed by atoms with E-state index in [1.165, 1.54) is 18.2 Å². The molecule has 4 aromatic rings. The van der Waals surface area contributed by atoms with Gasteiger partial charge < -0.3 is 24.4 Å². The zero-order valence-electron chi connectivity index (χ0n) is 29.9. The fourth-order valence-corrected chi connectivity index (χ4v) is 6.60. The molecule has 0 spiro atoms. The van der Waals surface area contributed by atoms with Gasteiger partial charge >= 0.3 is 5.97 Å². The molecule has 0 aliphatic heterocycles. The Morgan fingerprint density at radius 2 is 1.45 bits per heavy atom. The van der Waals surface area contributed by atoms with Gasteiger partial charge in [-0.2, -0.15) is 0 Å². The first-order valence-corrected chi connectivity index (χ1v) is 18.2. The zero-order valence-corrected chi connectivity index (χ0v) is 29.9. The summed E-state index contributed by atoms with van der Waals surface area (Å²) in [4.78, 5) is 39.7. The van der Waals surface area contributed by atoms with Crippen LogP contribution in [0.25, 0.3) is 0 Å². The average molecular weight is 691 g/mol. The van der Waals surface area contributed by atoms with E-state index < -0.39 is 0 Å². The number of esters is 1. The second kappa shape index (κ2) is 19.3. The normalized spacial score (nSPS) is 13.5. The molecule has 2 amide bonds. The van der Waals surface area contributed by atoms with E-state index in [9.17, 15) is 14.4 Å². The van der Waals surface area contributed by atoms with Crippen LogP contribution in [0.3, 0.4) is 0 Å². The number of fused-ring (bicyclic) bond motifs is 1. The highest BCUT2D eigenvalue weighted by molar-refractivity contribution is 5.89. The summed E-state index contributed by atoms with van der Waals surface area (Å²) in [5.41, 5.74) is 6.09. The van der Waals surface area contributed by atoms with Crippen molar-refractivity contribution in [1.82, 2.24) is 10.2 Å². The molecule has 0 heterocycles. The smallest absolute Gasteiger partial charge is 0.337 e. The summed E-state index contributed by atoms with van der Waals surface area (Å²) in [7, 11) is 1.36. The second-order valence-corrected chi connectivity index (χ2v) is 13.1. The first kappa shape index (κ1) is 37.2. The number of nitrogens with zero attached hydrogens (tertiary/aromatic N) is 1. The molecular formula is C43H50N2O6. The van der Waals surface area contributed by atoms with Gasteiger partial charge in [-0.3, -0.25) is 9.59 Å². The highest BCUT2D eigenvalue weighted by Gasteiger charge is 2.30. The molecule has 1 atom stereocenters. The summed E-state index contributed by atoms with van der Waals surface area (Å²) < 4.78 is 17.6. The molecule has 268 valence electrons. The molecule has 1 aliphatic rings. The molecule has 1 aliphatic carbocycles. The number of nitrogens with one attached hydrogen (secondary N) is 1.